The Kier molecular flexibility index (Phi) is 3.72. The summed E-state index contributed by atoms with van der Waals surface area (Å²) < 4.78 is 5.48. The van der Waals surface area contributed by atoms with E-state index in [1.807, 2.05) is 6.07 Å². The van der Waals surface area contributed by atoms with Crippen LogP contribution in [0.25, 0.3) is 11.5 Å². The quantitative estimate of drug-likeness (QED) is 0.772. The molecule has 0 saturated heterocycles. The van der Waals surface area contributed by atoms with Gasteiger partial charge in [0.2, 0.25) is 11.8 Å². The van der Waals surface area contributed by atoms with Crippen molar-refractivity contribution in [3.8, 4) is 17.2 Å². The van der Waals surface area contributed by atoms with E-state index in [9.17, 15) is 5.11 Å². The highest BCUT2D eigenvalue weighted by Gasteiger charge is 2.08. The minimum Gasteiger partial charge on any atom is -0.508 e. The third-order valence-corrected chi connectivity index (χ3v) is 2.26. The first-order chi connectivity index (χ1) is 8.29. The number of aromatic nitrogens is 2. The number of aromatic hydroxyl groups is 1. The Balaban J connectivity index is 2.07. The van der Waals surface area contributed by atoms with Crippen LogP contribution < -0.4 is 5.32 Å². The Bertz CT molecular complexity index is 482. The molecule has 1 aromatic heterocycles. The van der Waals surface area contributed by atoms with Crippen LogP contribution in [-0.4, -0.2) is 21.8 Å². The summed E-state index contributed by atoms with van der Waals surface area (Å²) in [5, 5.41) is 20.4. The van der Waals surface area contributed by atoms with Crippen molar-refractivity contribution >= 4 is 0 Å². The zero-order valence-corrected chi connectivity index (χ0v) is 9.68. The van der Waals surface area contributed by atoms with E-state index in [0.29, 0.717) is 18.3 Å². The van der Waals surface area contributed by atoms with Crippen LogP contribution in [0, 0.1) is 0 Å². The molecule has 5 nitrogen and oxygen atoms in total. The van der Waals surface area contributed by atoms with Crippen molar-refractivity contribution in [2.24, 2.45) is 0 Å². The van der Waals surface area contributed by atoms with Gasteiger partial charge in [0, 0.05) is 5.56 Å². The lowest BCUT2D eigenvalue weighted by Gasteiger charge is -1.97. The van der Waals surface area contributed by atoms with Gasteiger partial charge in [-0.3, -0.25) is 0 Å². The summed E-state index contributed by atoms with van der Waals surface area (Å²) in [7, 11) is 0. The molecule has 0 saturated carbocycles. The van der Waals surface area contributed by atoms with E-state index in [2.05, 4.69) is 22.4 Å². The number of hydrogen-bond acceptors (Lipinski definition) is 5. The van der Waals surface area contributed by atoms with Crippen LogP contribution in [0.4, 0.5) is 0 Å². The lowest BCUT2D eigenvalue weighted by molar-refractivity contribution is 0.470. The van der Waals surface area contributed by atoms with Gasteiger partial charge >= 0.3 is 0 Å². The molecule has 2 aromatic rings. The Morgan fingerprint density at radius 2 is 2.24 bits per heavy atom. The zero-order chi connectivity index (χ0) is 12.1. The van der Waals surface area contributed by atoms with E-state index < -0.39 is 0 Å². The molecule has 0 aliphatic carbocycles. The van der Waals surface area contributed by atoms with Crippen LogP contribution >= 0.6 is 0 Å². The summed E-state index contributed by atoms with van der Waals surface area (Å²) >= 11 is 0. The molecule has 0 amide bonds. The van der Waals surface area contributed by atoms with Gasteiger partial charge in [0.1, 0.15) is 5.75 Å². The van der Waals surface area contributed by atoms with Gasteiger partial charge in [-0.05, 0) is 31.2 Å². The van der Waals surface area contributed by atoms with Gasteiger partial charge in [0.25, 0.3) is 0 Å². The van der Waals surface area contributed by atoms with Gasteiger partial charge in [-0.15, -0.1) is 10.2 Å². The van der Waals surface area contributed by atoms with Crippen LogP contribution in [0.1, 0.15) is 19.2 Å². The lowest BCUT2D eigenvalue weighted by Crippen LogP contribution is -2.13. The number of nitrogens with one attached hydrogen (secondary N) is 1. The van der Waals surface area contributed by atoms with Crippen LogP contribution in [0.5, 0.6) is 5.75 Å². The Morgan fingerprint density at radius 1 is 1.35 bits per heavy atom. The maximum atomic E-state index is 9.35. The van der Waals surface area contributed by atoms with Gasteiger partial charge in [0.05, 0.1) is 6.54 Å². The minimum absolute atomic E-state index is 0.186. The van der Waals surface area contributed by atoms with Gasteiger partial charge in [-0.25, -0.2) is 0 Å². The molecule has 90 valence electrons. The van der Waals surface area contributed by atoms with Crippen molar-refractivity contribution < 1.29 is 9.52 Å². The monoisotopic (exact) mass is 233 g/mol. The Labute approximate surface area is 99.5 Å². The highest BCUT2D eigenvalue weighted by Crippen LogP contribution is 2.21. The van der Waals surface area contributed by atoms with Crippen molar-refractivity contribution in [1.82, 2.24) is 15.5 Å². The predicted molar refractivity (Wildman–Crippen MR) is 63.4 cm³/mol. The van der Waals surface area contributed by atoms with Gasteiger partial charge < -0.3 is 14.8 Å². The third kappa shape index (κ3) is 3.04. The SMILES string of the molecule is CCCNCc1nnc(-c2cccc(O)c2)o1. The minimum atomic E-state index is 0.186. The second-order valence-electron chi connectivity index (χ2n) is 3.73. The molecule has 17 heavy (non-hydrogen) atoms. The van der Waals surface area contributed by atoms with Crippen molar-refractivity contribution in [1.29, 1.82) is 0 Å². The average Bonchev–Trinajstić information content (AvgIpc) is 2.78. The largest absolute Gasteiger partial charge is 0.508 e. The highest BCUT2D eigenvalue weighted by atomic mass is 16.4. The number of rotatable bonds is 5. The van der Waals surface area contributed by atoms with Crippen LogP contribution in [0.2, 0.25) is 0 Å². The summed E-state index contributed by atoms with van der Waals surface area (Å²) in [5.74, 6) is 1.16. The standard InChI is InChI=1S/C12H15N3O2/c1-2-6-13-8-11-14-15-12(17-11)9-4-3-5-10(16)7-9/h3-5,7,13,16H,2,6,8H2,1H3. The first-order valence-electron chi connectivity index (χ1n) is 5.62. The summed E-state index contributed by atoms with van der Waals surface area (Å²) in [6.45, 7) is 3.59. The van der Waals surface area contributed by atoms with E-state index in [1.165, 1.54) is 0 Å². The highest BCUT2D eigenvalue weighted by molar-refractivity contribution is 5.54. The predicted octanol–water partition coefficient (Wildman–Crippen LogP) is 1.94. The number of hydrogen-bond donors (Lipinski definition) is 2. The lowest BCUT2D eigenvalue weighted by atomic mass is 10.2. The van der Waals surface area contributed by atoms with E-state index in [1.54, 1.807) is 18.2 Å². The molecule has 0 fully saturated rings. The van der Waals surface area contributed by atoms with Crippen molar-refractivity contribution in [2.75, 3.05) is 6.54 Å². The van der Waals surface area contributed by atoms with Crippen molar-refractivity contribution in [2.45, 2.75) is 19.9 Å². The molecule has 2 rings (SSSR count). The molecule has 1 heterocycles. The molecule has 0 aliphatic heterocycles. The molecule has 0 spiro atoms. The number of nitrogens with zero attached hydrogens (tertiary/aromatic N) is 2. The van der Waals surface area contributed by atoms with E-state index >= 15 is 0 Å². The summed E-state index contributed by atoms with van der Waals surface area (Å²) in [6.07, 6.45) is 1.06. The fraction of sp³-hybridized carbons (Fsp3) is 0.333. The van der Waals surface area contributed by atoms with Gasteiger partial charge in [-0.1, -0.05) is 13.0 Å². The molecule has 0 atom stereocenters. The van der Waals surface area contributed by atoms with Crippen molar-refractivity contribution in [3.63, 3.8) is 0 Å². The number of phenolic OH excluding ortho intramolecular Hbond substituents is 1. The zero-order valence-electron chi connectivity index (χ0n) is 9.68. The first-order valence-corrected chi connectivity index (χ1v) is 5.62. The Morgan fingerprint density at radius 3 is 3.00 bits per heavy atom. The second-order valence-corrected chi connectivity index (χ2v) is 3.73. The maximum absolute atomic E-state index is 9.35. The Hall–Kier alpha value is -1.88. The summed E-state index contributed by atoms with van der Waals surface area (Å²) in [4.78, 5) is 0. The average molecular weight is 233 g/mol. The summed E-state index contributed by atoms with van der Waals surface area (Å²) in [5.41, 5.74) is 0.722. The molecule has 1 aromatic carbocycles. The van der Waals surface area contributed by atoms with E-state index in [0.717, 1.165) is 18.5 Å². The van der Waals surface area contributed by atoms with E-state index in [-0.39, 0.29) is 5.75 Å². The number of benzene rings is 1. The first kappa shape index (κ1) is 11.6. The molecule has 0 aliphatic rings. The third-order valence-electron chi connectivity index (χ3n) is 2.26. The van der Waals surface area contributed by atoms with Crippen LogP contribution in [-0.2, 0) is 6.54 Å². The molecular weight excluding hydrogens is 218 g/mol. The fourth-order valence-corrected chi connectivity index (χ4v) is 1.45. The van der Waals surface area contributed by atoms with Crippen molar-refractivity contribution in [3.05, 3.63) is 30.2 Å². The summed E-state index contributed by atoms with van der Waals surface area (Å²) in [6, 6.07) is 6.75. The van der Waals surface area contributed by atoms with E-state index in [4.69, 9.17) is 4.42 Å². The van der Waals surface area contributed by atoms with Gasteiger partial charge in [0.15, 0.2) is 0 Å². The van der Waals surface area contributed by atoms with Crippen LogP contribution in [0.3, 0.4) is 0 Å². The molecule has 0 bridgehead atoms. The van der Waals surface area contributed by atoms with Gasteiger partial charge in [-0.2, -0.15) is 0 Å². The molecular formula is C12H15N3O2. The maximum Gasteiger partial charge on any atom is 0.247 e. The smallest absolute Gasteiger partial charge is 0.247 e. The fourth-order valence-electron chi connectivity index (χ4n) is 1.45. The number of phenols is 1. The normalized spacial score (nSPS) is 10.6. The second kappa shape index (κ2) is 5.45. The molecule has 0 unspecified atom stereocenters. The molecule has 0 radical (unpaired) electrons. The molecule has 2 N–H and O–H groups in total. The molecule has 5 heteroatoms. The topological polar surface area (TPSA) is 71.2 Å². The van der Waals surface area contributed by atoms with Crippen LogP contribution in [0.15, 0.2) is 28.7 Å².